The number of benzene rings is 1. The molecule has 0 saturated heterocycles. The lowest BCUT2D eigenvalue weighted by Gasteiger charge is -2.10. The van der Waals surface area contributed by atoms with Crippen molar-refractivity contribution < 1.29 is 9.90 Å². The van der Waals surface area contributed by atoms with Gasteiger partial charge in [-0.25, -0.2) is 4.79 Å². The van der Waals surface area contributed by atoms with Crippen LogP contribution >= 0.6 is 0 Å². The summed E-state index contributed by atoms with van der Waals surface area (Å²) in [5, 5.41) is 14.8. The highest BCUT2D eigenvalue weighted by atomic mass is 16.3. The van der Waals surface area contributed by atoms with E-state index in [2.05, 4.69) is 10.6 Å². The first-order valence-electron chi connectivity index (χ1n) is 5.82. The largest absolute Gasteiger partial charge is 0.389 e. The Morgan fingerprint density at radius 2 is 1.82 bits per heavy atom. The Hall–Kier alpha value is -1.55. The molecule has 0 spiro atoms. The van der Waals surface area contributed by atoms with Crippen molar-refractivity contribution in [3.8, 4) is 0 Å². The molecule has 1 aromatic carbocycles. The number of aliphatic hydroxyl groups excluding tert-OH is 1. The Kier molecular flexibility index (Phi) is 4.97. The lowest BCUT2D eigenvalue weighted by atomic mass is 10.1. The number of carbonyl (C=O) groups excluding carboxylic acids is 1. The van der Waals surface area contributed by atoms with Crippen LogP contribution in [0.25, 0.3) is 0 Å². The van der Waals surface area contributed by atoms with Crippen molar-refractivity contribution in [2.24, 2.45) is 5.92 Å². The van der Waals surface area contributed by atoms with Crippen molar-refractivity contribution in [3.63, 3.8) is 0 Å². The summed E-state index contributed by atoms with van der Waals surface area (Å²) in [6.45, 7) is 6.44. The van der Waals surface area contributed by atoms with Gasteiger partial charge < -0.3 is 15.7 Å². The molecular formula is C13H20N2O2. The molecule has 94 valence electrons. The SMILES string of the molecule is CC(C)CNC(=O)Nc1ccc(C(C)O)cc1. The van der Waals surface area contributed by atoms with Gasteiger partial charge in [-0.3, -0.25) is 0 Å². The maximum Gasteiger partial charge on any atom is 0.319 e. The fourth-order valence-corrected chi connectivity index (χ4v) is 1.32. The van der Waals surface area contributed by atoms with Gasteiger partial charge >= 0.3 is 6.03 Å². The van der Waals surface area contributed by atoms with Gasteiger partial charge in [-0.15, -0.1) is 0 Å². The molecule has 0 fully saturated rings. The zero-order valence-corrected chi connectivity index (χ0v) is 10.5. The zero-order valence-electron chi connectivity index (χ0n) is 10.5. The molecular weight excluding hydrogens is 216 g/mol. The van der Waals surface area contributed by atoms with E-state index in [1.807, 2.05) is 13.8 Å². The number of amides is 2. The average molecular weight is 236 g/mol. The van der Waals surface area contributed by atoms with Crippen LogP contribution < -0.4 is 10.6 Å². The number of aliphatic hydroxyl groups is 1. The summed E-state index contributed by atoms with van der Waals surface area (Å²) in [6, 6.07) is 6.93. The van der Waals surface area contributed by atoms with Gasteiger partial charge in [-0.05, 0) is 30.5 Å². The van der Waals surface area contributed by atoms with E-state index in [0.29, 0.717) is 12.5 Å². The molecule has 1 aromatic rings. The highest BCUT2D eigenvalue weighted by Gasteiger charge is 2.04. The van der Waals surface area contributed by atoms with E-state index in [9.17, 15) is 9.90 Å². The van der Waals surface area contributed by atoms with Gasteiger partial charge in [0, 0.05) is 12.2 Å². The summed E-state index contributed by atoms with van der Waals surface area (Å²) in [7, 11) is 0. The molecule has 0 saturated carbocycles. The first kappa shape index (κ1) is 13.5. The van der Waals surface area contributed by atoms with E-state index in [0.717, 1.165) is 11.3 Å². The third-order valence-electron chi connectivity index (χ3n) is 2.32. The van der Waals surface area contributed by atoms with E-state index in [-0.39, 0.29) is 6.03 Å². The molecule has 4 heteroatoms. The molecule has 1 unspecified atom stereocenters. The van der Waals surface area contributed by atoms with Crippen LogP contribution in [0, 0.1) is 5.92 Å². The minimum Gasteiger partial charge on any atom is -0.389 e. The summed E-state index contributed by atoms with van der Waals surface area (Å²) in [6.07, 6.45) is -0.487. The molecule has 1 rings (SSSR count). The predicted octanol–water partition coefficient (Wildman–Crippen LogP) is 2.52. The molecule has 0 aliphatic heterocycles. The second-order valence-corrected chi connectivity index (χ2v) is 4.53. The van der Waals surface area contributed by atoms with Crippen molar-refractivity contribution in [1.82, 2.24) is 5.32 Å². The Morgan fingerprint density at radius 1 is 1.24 bits per heavy atom. The molecule has 0 aromatic heterocycles. The van der Waals surface area contributed by atoms with Crippen molar-refractivity contribution in [1.29, 1.82) is 0 Å². The van der Waals surface area contributed by atoms with Crippen LogP contribution in [0.2, 0.25) is 0 Å². The monoisotopic (exact) mass is 236 g/mol. The van der Waals surface area contributed by atoms with Gasteiger partial charge in [0.2, 0.25) is 0 Å². The minimum absolute atomic E-state index is 0.205. The van der Waals surface area contributed by atoms with Crippen molar-refractivity contribution in [2.75, 3.05) is 11.9 Å². The normalized spacial score (nSPS) is 12.3. The second-order valence-electron chi connectivity index (χ2n) is 4.53. The summed E-state index contributed by atoms with van der Waals surface area (Å²) < 4.78 is 0. The number of urea groups is 1. The Labute approximate surface area is 102 Å². The quantitative estimate of drug-likeness (QED) is 0.752. The molecule has 0 radical (unpaired) electrons. The summed E-state index contributed by atoms with van der Waals surface area (Å²) in [4.78, 5) is 11.5. The number of hydrogen-bond donors (Lipinski definition) is 3. The summed E-state index contributed by atoms with van der Waals surface area (Å²) in [5.41, 5.74) is 1.55. The van der Waals surface area contributed by atoms with Crippen LogP contribution in [-0.4, -0.2) is 17.7 Å². The maximum atomic E-state index is 11.5. The summed E-state index contributed by atoms with van der Waals surface area (Å²) >= 11 is 0. The zero-order chi connectivity index (χ0) is 12.8. The van der Waals surface area contributed by atoms with E-state index < -0.39 is 6.10 Å². The average Bonchev–Trinajstić information content (AvgIpc) is 2.27. The standard InChI is InChI=1S/C13H20N2O2/c1-9(2)8-14-13(17)15-12-6-4-11(5-7-12)10(3)16/h4-7,9-10,16H,8H2,1-3H3,(H2,14,15,17). The van der Waals surface area contributed by atoms with Crippen LogP contribution in [0.5, 0.6) is 0 Å². The topological polar surface area (TPSA) is 61.4 Å². The number of rotatable bonds is 4. The molecule has 0 bridgehead atoms. The highest BCUT2D eigenvalue weighted by molar-refractivity contribution is 5.89. The molecule has 0 heterocycles. The van der Waals surface area contributed by atoms with Gasteiger partial charge in [-0.2, -0.15) is 0 Å². The molecule has 0 aliphatic carbocycles. The van der Waals surface area contributed by atoms with Gasteiger partial charge in [0.05, 0.1) is 6.10 Å². The van der Waals surface area contributed by atoms with Gasteiger partial charge in [0.15, 0.2) is 0 Å². The molecule has 17 heavy (non-hydrogen) atoms. The van der Waals surface area contributed by atoms with Crippen molar-refractivity contribution in [3.05, 3.63) is 29.8 Å². The smallest absolute Gasteiger partial charge is 0.319 e. The molecule has 2 amide bonds. The highest BCUT2D eigenvalue weighted by Crippen LogP contribution is 2.15. The van der Waals surface area contributed by atoms with E-state index >= 15 is 0 Å². The molecule has 4 nitrogen and oxygen atoms in total. The van der Waals surface area contributed by atoms with Gasteiger partial charge in [0.1, 0.15) is 0 Å². The van der Waals surface area contributed by atoms with Crippen LogP contribution in [0.4, 0.5) is 10.5 Å². The predicted molar refractivity (Wildman–Crippen MR) is 68.9 cm³/mol. The summed E-state index contributed by atoms with van der Waals surface area (Å²) in [5.74, 6) is 0.429. The van der Waals surface area contributed by atoms with E-state index in [4.69, 9.17) is 0 Å². The maximum absolute atomic E-state index is 11.5. The van der Waals surface area contributed by atoms with Crippen LogP contribution in [0.3, 0.4) is 0 Å². The molecule has 1 atom stereocenters. The Morgan fingerprint density at radius 3 is 2.29 bits per heavy atom. The number of carbonyl (C=O) groups is 1. The van der Waals surface area contributed by atoms with Crippen LogP contribution in [0.15, 0.2) is 24.3 Å². The van der Waals surface area contributed by atoms with Gasteiger partial charge in [-0.1, -0.05) is 26.0 Å². The fraction of sp³-hybridized carbons (Fsp3) is 0.462. The number of nitrogens with one attached hydrogen (secondary N) is 2. The van der Waals surface area contributed by atoms with E-state index in [1.165, 1.54) is 0 Å². The first-order valence-corrected chi connectivity index (χ1v) is 5.82. The fourth-order valence-electron chi connectivity index (χ4n) is 1.32. The molecule has 0 aliphatic rings. The van der Waals surface area contributed by atoms with Crippen molar-refractivity contribution >= 4 is 11.7 Å². The number of anilines is 1. The lowest BCUT2D eigenvalue weighted by molar-refractivity contribution is 0.199. The van der Waals surface area contributed by atoms with Crippen LogP contribution in [0.1, 0.15) is 32.4 Å². The molecule has 3 N–H and O–H groups in total. The Balaban J connectivity index is 2.48. The van der Waals surface area contributed by atoms with Crippen molar-refractivity contribution in [2.45, 2.75) is 26.9 Å². The van der Waals surface area contributed by atoms with Crippen LogP contribution in [-0.2, 0) is 0 Å². The number of hydrogen-bond acceptors (Lipinski definition) is 2. The third kappa shape index (κ3) is 4.87. The second kappa shape index (κ2) is 6.25. The minimum atomic E-state index is -0.487. The first-order chi connectivity index (χ1) is 7.99. The lowest BCUT2D eigenvalue weighted by Crippen LogP contribution is -2.31. The Bertz CT molecular complexity index is 358. The van der Waals surface area contributed by atoms with E-state index in [1.54, 1.807) is 31.2 Å². The third-order valence-corrected chi connectivity index (χ3v) is 2.32. The van der Waals surface area contributed by atoms with Gasteiger partial charge in [0.25, 0.3) is 0 Å².